The van der Waals surface area contributed by atoms with Gasteiger partial charge in [0.2, 0.25) is 0 Å². The van der Waals surface area contributed by atoms with Crippen LogP contribution in [0.5, 0.6) is 0 Å². The molecular formula is C6H9F2KNO2-. The first kappa shape index (κ1) is 15.6. The average molecular weight is 204 g/mol. The molecule has 1 heterocycles. The molecule has 0 unspecified atom stereocenters. The summed E-state index contributed by atoms with van der Waals surface area (Å²) >= 11 is 0. The third kappa shape index (κ3) is 4.96. The summed E-state index contributed by atoms with van der Waals surface area (Å²) in [5.41, 5.74) is 0. The minimum Gasteiger partial charge on any atom is -0.870 e. The maximum atomic E-state index is 11.6. The Hall–Kier alpha value is 1.09. The van der Waals surface area contributed by atoms with E-state index in [9.17, 15) is 13.6 Å². The van der Waals surface area contributed by atoms with Crippen molar-refractivity contribution in [2.24, 2.45) is 5.92 Å². The maximum Gasteiger partial charge on any atom is 1.00 e. The Morgan fingerprint density at radius 3 is 2.33 bits per heavy atom. The molecule has 66 valence electrons. The fraction of sp³-hybridized carbons (Fsp3) is 0.833. The summed E-state index contributed by atoms with van der Waals surface area (Å²) in [6, 6.07) is 0. The first-order chi connectivity index (χ1) is 4.72. The maximum absolute atomic E-state index is 11.6. The van der Waals surface area contributed by atoms with Crippen LogP contribution in [0.1, 0.15) is 0 Å². The SMILES string of the molecule is O=[C-]C1CN(CC(F)F)C1.[K+].[OH-]. The molecule has 0 spiro atoms. The minimum absolute atomic E-state index is 0. The Morgan fingerprint density at radius 1 is 1.50 bits per heavy atom. The molecule has 0 aromatic rings. The molecule has 1 N–H and O–H groups in total. The molecule has 12 heavy (non-hydrogen) atoms. The van der Waals surface area contributed by atoms with E-state index < -0.39 is 6.43 Å². The molecule has 1 aliphatic rings. The summed E-state index contributed by atoms with van der Waals surface area (Å²) in [4.78, 5) is 11.4. The van der Waals surface area contributed by atoms with Gasteiger partial charge < -0.3 is 15.2 Å². The standard InChI is InChI=1S/C6H8F2NO.K.H2O/c7-6(8)3-9-1-5(2-9)4-10;;/h5-6H,1-3H2;;1H2/q-1;+1;/p-1. The molecule has 0 bridgehead atoms. The van der Waals surface area contributed by atoms with E-state index in [1.807, 2.05) is 0 Å². The van der Waals surface area contributed by atoms with Crippen LogP contribution in [0.25, 0.3) is 0 Å². The first-order valence-electron chi connectivity index (χ1n) is 3.10. The van der Waals surface area contributed by atoms with Gasteiger partial charge in [0.05, 0.1) is 6.54 Å². The van der Waals surface area contributed by atoms with E-state index in [2.05, 4.69) is 0 Å². The molecule has 1 saturated heterocycles. The van der Waals surface area contributed by atoms with Crippen LogP contribution in [-0.4, -0.2) is 42.7 Å². The summed E-state index contributed by atoms with van der Waals surface area (Å²) in [5, 5.41) is 0. The van der Waals surface area contributed by atoms with Crippen molar-refractivity contribution < 1.29 is 70.4 Å². The van der Waals surface area contributed by atoms with Crippen molar-refractivity contribution in [3.05, 3.63) is 0 Å². The molecule has 0 aromatic heterocycles. The number of carbonyl (C=O) groups excluding carboxylic acids is 1. The van der Waals surface area contributed by atoms with Crippen LogP contribution in [0.2, 0.25) is 0 Å². The zero-order valence-corrected chi connectivity index (χ0v) is 9.96. The normalized spacial score (nSPS) is 17.6. The molecule has 0 aliphatic carbocycles. The van der Waals surface area contributed by atoms with Gasteiger partial charge in [-0.1, -0.05) is 0 Å². The Bertz CT molecular complexity index is 131. The molecule has 0 amide bonds. The number of likely N-dealkylation sites (tertiary alicyclic amines) is 1. The molecule has 0 aromatic carbocycles. The van der Waals surface area contributed by atoms with E-state index in [0.29, 0.717) is 13.1 Å². The number of alkyl halides is 2. The molecule has 0 saturated carbocycles. The van der Waals surface area contributed by atoms with Crippen LogP contribution in [0.3, 0.4) is 0 Å². The van der Waals surface area contributed by atoms with Gasteiger partial charge in [-0.05, 0) is 13.1 Å². The van der Waals surface area contributed by atoms with E-state index in [-0.39, 0.29) is 69.3 Å². The average Bonchev–Trinajstić information content (AvgIpc) is 1.76. The summed E-state index contributed by atoms with van der Waals surface area (Å²) in [5.74, 6) is -0.126. The molecular weight excluding hydrogens is 195 g/mol. The van der Waals surface area contributed by atoms with Gasteiger partial charge >= 0.3 is 51.4 Å². The largest absolute Gasteiger partial charge is 1.00 e. The summed E-state index contributed by atoms with van der Waals surface area (Å²) in [6.45, 7) is 0.694. The van der Waals surface area contributed by atoms with Crippen LogP contribution >= 0.6 is 0 Å². The van der Waals surface area contributed by atoms with Crippen molar-refractivity contribution in [1.29, 1.82) is 0 Å². The van der Waals surface area contributed by atoms with Crippen LogP contribution in [0.4, 0.5) is 8.78 Å². The summed E-state index contributed by atoms with van der Waals surface area (Å²) in [7, 11) is 0. The molecule has 0 radical (unpaired) electrons. The van der Waals surface area contributed by atoms with E-state index in [0.717, 1.165) is 0 Å². The van der Waals surface area contributed by atoms with Crippen LogP contribution in [0.15, 0.2) is 0 Å². The van der Waals surface area contributed by atoms with Crippen LogP contribution in [-0.2, 0) is 4.79 Å². The Labute approximate surface area is 112 Å². The topological polar surface area (TPSA) is 50.3 Å². The Balaban J connectivity index is 0. The van der Waals surface area contributed by atoms with E-state index in [1.165, 1.54) is 0 Å². The smallest absolute Gasteiger partial charge is 0.870 e. The quantitative estimate of drug-likeness (QED) is 0.366. The minimum atomic E-state index is -2.28. The second-order valence-corrected chi connectivity index (χ2v) is 2.42. The van der Waals surface area contributed by atoms with E-state index in [4.69, 9.17) is 0 Å². The third-order valence-electron chi connectivity index (χ3n) is 1.52. The van der Waals surface area contributed by atoms with Crippen LogP contribution in [0, 0.1) is 5.92 Å². The number of rotatable bonds is 3. The van der Waals surface area contributed by atoms with Crippen molar-refractivity contribution in [3.63, 3.8) is 0 Å². The predicted molar refractivity (Wildman–Crippen MR) is 33.6 cm³/mol. The number of nitrogens with zero attached hydrogens (tertiary/aromatic N) is 1. The van der Waals surface area contributed by atoms with Gasteiger partial charge in [0.25, 0.3) is 6.43 Å². The van der Waals surface area contributed by atoms with Gasteiger partial charge in [-0.15, -0.1) is 5.92 Å². The molecule has 3 nitrogen and oxygen atoms in total. The van der Waals surface area contributed by atoms with Gasteiger partial charge in [0, 0.05) is 0 Å². The monoisotopic (exact) mass is 204 g/mol. The molecule has 1 rings (SSSR count). The first-order valence-corrected chi connectivity index (χ1v) is 3.10. The second kappa shape index (κ2) is 7.49. The predicted octanol–water partition coefficient (Wildman–Crippen LogP) is -2.88. The molecule has 1 aliphatic heterocycles. The van der Waals surface area contributed by atoms with Crippen molar-refractivity contribution >= 4 is 6.29 Å². The second-order valence-electron chi connectivity index (χ2n) is 2.42. The van der Waals surface area contributed by atoms with Gasteiger partial charge in [-0.25, -0.2) is 8.78 Å². The molecule has 6 heteroatoms. The van der Waals surface area contributed by atoms with Crippen molar-refractivity contribution in [2.75, 3.05) is 19.6 Å². The van der Waals surface area contributed by atoms with Crippen molar-refractivity contribution in [3.8, 4) is 0 Å². The fourth-order valence-corrected chi connectivity index (χ4v) is 0.989. The van der Waals surface area contributed by atoms with Gasteiger partial charge in [-0.2, -0.15) is 0 Å². The number of halogens is 2. The number of hydrogen-bond donors (Lipinski definition) is 0. The molecule has 1 fully saturated rings. The van der Waals surface area contributed by atoms with Gasteiger partial charge in [0.1, 0.15) is 0 Å². The number of hydrogen-bond acceptors (Lipinski definition) is 3. The summed E-state index contributed by atoms with van der Waals surface area (Å²) < 4.78 is 23.2. The van der Waals surface area contributed by atoms with Crippen molar-refractivity contribution in [2.45, 2.75) is 6.43 Å². The van der Waals surface area contributed by atoms with Crippen LogP contribution < -0.4 is 51.4 Å². The third-order valence-corrected chi connectivity index (χ3v) is 1.52. The van der Waals surface area contributed by atoms with Crippen molar-refractivity contribution in [1.82, 2.24) is 4.90 Å². The fourth-order valence-electron chi connectivity index (χ4n) is 0.989. The summed E-state index contributed by atoms with van der Waals surface area (Å²) in [6.07, 6.45) is -0.517. The zero-order chi connectivity index (χ0) is 7.56. The van der Waals surface area contributed by atoms with E-state index in [1.54, 1.807) is 11.2 Å². The van der Waals surface area contributed by atoms with Gasteiger partial charge in [-0.3, -0.25) is 6.29 Å². The Kier molecular flexibility index (Phi) is 9.70. The molecule has 0 atom stereocenters. The zero-order valence-electron chi connectivity index (χ0n) is 6.83. The van der Waals surface area contributed by atoms with E-state index >= 15 is 0 Å². The Morgan fingerprint density at radius 2 is 2.00 bits per heavy atom. The van der Waals surface area contributed by atoms with Gasteiger partial charge in [0.15, 0.2) is 0 Å².